The maximum absolute atomic E-state index is 7.70. The summed E-state index contributed by atoms with van der Waals surface area (Å²) in [5.74, 6) is 4.12. The molecule has 1 fully saturated rings. The summed E-state index contributed by atoms with van der Waals surface area (Å²) in [5.41, 5.74) is 20.4. The second-order valence-electron chi connectivity index (χ2n) is 25.8. The summed E-state index contributed by atoms with van der Waals surface area (Å²) in [6, 6.07) is 73.2. The van der Waals surface area contributed by atoms with E-state index in [-0.39, 0.29) is 35.3 Å². The van der Waals surface area contributed by atoms with Crippen LogP contribution in [0.4, 0.5) is 56.2 Å². The molecule has 0 spiro atoms. The van der Waals surface area contributed by atoms with Gasteiger partial charge in [-0.15, -0.1) is 11.3 Å². The van der Waals surface area contributed by atoms with Crippen LogP contribution in [0.2, 0.25) is 0 Å². The van der Waals surface area contributed by atoms with Crippen molar-refractivity contribution in [2.45, 2.75) is 109 Å². The molecule has 0 saturated heterocycles. The van der Waals surface area contributed by atoms with E-state index in [0.29, 0.717) is 5.92 Å². The first-order valence-electron chi connectivity index (χ1n) is 30.5. The highest BCUT2D eigenvalue weighted by Crippen LogP contribution is 2.63. The Kier molecular flexibility index (Phi) is 10.4. The Balaban J connectivity index is 0.912. The summed E-state index contributed by atoms with van der Waals surface area (Å²) in [7, 11) is 0. The summed E-state index contributed by atoms with van der Waals surface area (Å²) in [4.78, 5) is 10.5. The Hall–Kier alpha value is -8.13. The highest BCUT2D eigenvalue weighted by atomic mass is 32.1. The monoisotopic (exact) mass is 1100 g/mol. The fourth-order valence-corrected chi connectivity index (χ4v) is 18.8. The van der Waals surface area contributed by atoms with E-state index in [2.05, 4.69) is 262 Å². The number of ether oxygens (including phenoxy) is 2. The third-order valence-electron chi connectivity index (χ3n) is 21.8. The number of para-hydroxylation sites is 5. The molecule has 6 aliphatic heterocycles. The van der Waals surface area contributed by atoms with Crippen molar-refractivity contribution < 1.29 is 9.47 Å². The van der Waals surface area contributed by atoms with E-state index in [1.54, 1.807) is 0 Å². The van der Waals surface area contributed by atoms with E-state index in [0.717, 1.165) is 83.3 Å². The summed E-state index contributed by atoms with van der Waals surface area (Å²) < 4.78 is 16.7. The summed E-state index contributed by atoms with van der Waals surface area (Å²) in [6.45, 7) is 17.0. The predicted octanol–water partition coefficient (Wildman–Crippen LogP) is 16.1. The molecule has 5 unspecified atom stereocenters. The van der Waals surface area contributed by atoms with Crippen LogP contribution in [-0.4, -0.2) is 24.5 Å². The number of hydrogen-bond acceptors (Lipinski definition) is 7. The lowest BCUT2D eigenvalue weighted by Gasteiger charge is -2.52. The number of nitrogens with zero attached hydrogens (tertiary/aromatic N) is 4. The molecule has 5 atom stereocenters. The SMILES string of the molecule is CCCC1(C)N(c2cc3c4c(c2)N(c2ccccc2)c2ccccc2B4c2cc4c(cc2O3)Oc2cc(N3c5ccccc5C5(C)CC(C)CCC35C)cc3c2B4c2c(sc4ccccc24)N3c2ccccc2)c2ccccc2C1(C)CC. The van der Waals surface area contributed by atoms with Crippen LogP contribution >= 0.6 is 11.3 Å². The van der Waals surface area contributed by atoms with Gasteiger partial charge in [-0.2, -0.15) is 0 Å². The van der Waals surface area contributed by atoms with Gasteiger partial charge in [0.25, 0.3) is 13.4 Å². The molecule has 10 aromatic rings. The summed E-state index contributed by atoms with van der Waals surface area (Å²) in [6.07, 6.45) is 6.57. The highest BCUT2D eigenvalue weighted by Gasteiger charge is 2.60. The Morgan fingerprint density at radius 3 is 1.77 bits per heavy atom. The Morgan fingerprint density at radius 2 is 1.07 bits per heavy atom. The zero-order valence-electron chi connectivity index (χ0n) is 48.5. The van der Waals surface area contributed by atoms with Gasteiger partial charge in [0.2, 0.25) is 0 Å². The molecular weight excluding hydrogens is 1030 g/mol. The van der Waals surface area contributed by atoms with Crippen LogP contribution in [0.3, 0.4) is 0 Å². The van der Waals surface area contributed by atoms with Crippen molar-refractivity contribution in [2.24, 2.45) is 5.92 Å². The second kappa shape index (κ2) is 17.5. The molecule has 0 N–H and O–H groups in total. The fourth-order valence-electron chi connectivity index (χ4n) is 17.5. The first-order chi connectivity index (χ1) is 40.5. The van der Waals surface area contributed by atoms with Gasteiger partial charge in [-0.1, -0.05) is 156 Å². The van der Waals surface area contributed by atoms with Crippen molar-refractivity contribution in [1.82, 2.24) is 0 Å². The number of hydrogen-bond donors (Lipinski definition) is 0. The standard InChI is InChI=1S/C74H66B2N4O2S/c1-8-37-73(6)71(4,9-2)52-29-17-20-32-57(52)79(73)49-39-60-68-64(41-49)81-62-44-63-56(43-55(62)75(68)54-31-19-22-34-59(54)77(60)47-24-12-10-13-25-47)76-67-51-28-16-23-35-66(51)83-70(67)78(48-26-14-11-15-27-48)61-40-50(42-65(82-63)69(61)76)80-58-33-21-18-30-53(58)72(5)45-46(3)36-38-74(72,80)7/h10-35,39-44,46H,8-9,36-38,45H2,1-7H3. The minimum atomic E-state index is -0.210. The van der Waals surface area contributed by atoms with Crippen LogP contribution < -0.4 is 61.9 Å². The molecule has 0 bridgehead atoms. The molecule has 9 aromatic carbocycles. The van der Waals surface area contributed by atoms with E-state index in [1.165, 1.54) is 88.4 Å². The topological polar surface area (TPSA) is 31.4 Å². The molecule has 7 aliphatic rings. The number of thiophene rings is 1. The van der Waals surface area contributed by atoms with E-state index in [4.69, 9.17) is 9.47 Å². The van der Waals surface area contributed by atoms with Crippen LogP contribution in [0.5, 0.6) is 23.0 Å². The average Bonchev–Trinajstić information content (AvgIpc) is 2.79. The van der Waals surface area contributed by atoms with Gasteiger partial charge in [0.15, 0.2) is 0 Å². The largest absolute Gasteiger partial charge is 0.458 e. The molecule has 1 saturated carbocycles. The second-order valence-corrected chi connectivity index (χ2v) is 26.9. The molecule has 17 rings (SSSR count). The molecule has 7 heterocycles. The van der Waals surface area contributed by atoms with Gasteiger partial charge in [0, 0.05) is 84.9 Å². The molecule has 83 heavy (non-hydrogen) atoms. The van der Waals surface area contributed by atoms with Crippen molar-refractivity contribution in [1.29, 1.82) is 0 Å². The van der Waals surface area contributed by atoms with Crippen LogP contribution in [0, 0.1) is 5.92 Å². The maximum Gasteiger partial charge on any atom is 0.258 e. The fraction of sp³-hybridized carbons (Fsp3) is 0.243. The minimum Gasteiger partial charge on any atom is -0.458 e. The molecule has 6 nitrogen and oxygen atoms in total. The lowest BCUT2D eigenvalue weighted by atomic mass is 9.31. The lowest BCUT2D eigenvalue weighted by Crippen LogP contribution is -2.63. The summed E-state index contributed by atoms with van der Waals surface area (Å²) in [5, 5.41) is 2.54. The third-order valence-corrected chi connectivity index (χ3v) is 23.0. The molecule has 1 aromatic heterocycles. The van der Waals surface area contributed by atoms with Gasteiger partial charge in [0.05, 0.1) is 16.1 Å². The lowest BCUT2D eigenvalue weighted by molar-refractivity contribution is 0.153. The Bertz CT molecular complexity index is 4370. The van der Waals surface area contributed by atoms with E-state index >= 15 is 0 Å². The van der Waals surface area contributed by atoms with Crippen molar-refractivity contribution in [3.05, 3.63) is 205 Å². The van der Waals surface area contributed by atoms with Crippen molar-refractivity contribution in [3.8, 4) is 23.0 Å². The van der Waals surface area contributed by atoms with Crippen molar-refractivity contribution >= 4 is 124 Å². The Morgan fingerprint density at radius 1 is 0.506 bits per heavy atom. The van der Waals surface area contributed by atoms with E-state index < -0.39 is 0 Å². The first kappa shape index (κ1) is 49.5. The van der Waals surface area contributed by atoms with Crippen molar-refractivity contribution in [2.75, 3.05) is 19.6 Å². The van der Waals surface area contributed by atoms with Gasteiger partial charge in [-0.05, 0) is 162 Å². The maximum atomic E-state index is 7.70. The van der Waals surface area contributed by atoms with Gasteiger partial charge in [-0.25, -0.2) is 0 Å². The number of anilines is 10. The average molecular weight is 1100 g/mol. The molecule has 0 amide bonds. The van der Waals surface area contributed by atoms with Crippen LogP contribution in [0.15, 0.2) is 194 Å². The van der Waals surface area contributed by atoms with Gasteiger partial charge in [0.1, 0.15) is 23.0 Å². The summed E-state index contributed by atoms with van der Waals surface area (Å²) >= 11 is 1.91. The molecule has 0 radical (unpaired) electrons. The normalized spacial score (nSPS) is 23.5. The number of fused-ring (bicyclic) bond motifs is 14. The number of benzene rings is 9. The minimum absolute atomic E-state index is 0.0348. The highest BCUT2D eigenvalue weighted by molar-refractivity contribution is 7.26. The number of rotatable bonds is 7. The molecular formula is C74H66B2N4O2S. The van der Waals surface area contributed by atoms with Crippen LogP contribution in [0.1, 0.15) is 98.1 Å². The van der Waals surface area contributed by atoms with Gasteiger partial charge in [-0.3, -0.25) is 0 Å². The third kappa shape index (κ3) is 6.42. The van der Waals surface area contributed by atoms with E-state index in [1.807, 2.05) is 11.3 Å². The molecule has 406 valence electrons. The smallest absolute Gasteiger partial charge is 0.258 e. The predicted molar refractivity (Wildman–Crippen MR) is 350 cm³/mol. The quantitative estimate of drug-likeness (QED) is 0.148. The molecule has 9 heteroatoms. The first-order valence-corrected chi connectivity index (χ1v) is 31.3. The Labute approximate surface area is 493 Å². The van der Waals surface area contributed by atoms with Crippen LogP contribution in [-0.2, 0) is 10.8 Å². The van der Waals surface area contributed by atoms with Crippen molar-refractivity contribution in [3.63, 3.8) is 0 Å². The zero-order valence-corrected chi connectivity index (χ0v) is 49.3. The van der Waals surface area contributed by atoms with Crippen LogP contribution in [0.25, 0.3) is 10.1 Å². The molecule has 1 aliphatic carbocycles. The van der Waals surface area contributed by atoms with Gasteiger partial charge < -0.3 is 29.1 Å². The zero-order chi connectivity index (χ0) is 55.9. The van der Waals surface area contributed by atoms with Gasteiger partial charge >= 0.3 is 0 Å². The van der Waals surface area contributed by atoms with E-state index in [9.17, 15) is 0 Å².